The Balaban J connectivity index is 2.11. The van der Waals surface area contributed by atoms with Gasteiger partial charge < -0.3 is 5.32 Å². The predicted octanol–water partition coefficient (Wildman–Crippen LogP) is 4.13. The SMILES string of the molecule is Cc1cc(C)c(NCc2ccc([N+](=O)[O-])cc2)c(C)c1. The molecule has 2 aromatic rings. The van der Waals surface area contributed by atoms with Crippen LogP contribution in [-0.4, -0.2) is 4.92 Å². The third-order valence-electron chi connectivity index (χ3n) is 3.29. The van der Waals surface area contributed by atoms with Crippen LogP contribution in [0, 0.1) is 30.9 Å². The van der Waals surface area contributed by atoms with Gasteiger partial charge in [0.05, 0.1) is 4.92 Å². The first-order chi connectivity index (χ1) is 9.47. The fraction of sp³-hybridized carbons (Fsp3) is 0.250. The number of hydrogen-bond acceptors (Lipinski definition) is 3. The van der Waals surface area contributed by atoms with Gasteiger partial charge in [-0.05, 0) is 37.5 Å². The van der Waals surface area contributed by atoms with E-state index in [1.54, 1.807) is 12.1 Å². The average molecular weight is 270 g/mol. The summed E-state index contributed by atoms with van der Waals surface area (Å²) in [6.07, 6.45) is 0. The van der Waals surface area contributed by atoms with Gasteiger partial charge in [-0.1, -0.05) is 29.8 Å². The third-order valence-corrected chi connectivity index (χ3v) is 3.29. The Bertz CT molecular complexity index is 610. The van der Waals surface area contributed by atoms with Crippen LogP contribution in [0.1, 0.15) is 22.3 Å². The van der Waals surface area contributed by atoms with Gasteiger partial charge in [0.15, 0.2) is 0 Å². The highest BCUT2D eigenvalue weighted by Gasteiger charge is 2.06. The van der Waals surface area contributed by atoms with Crippen LogP contribution in [0.25, 0.3) is 0 Å². The topological polar surface area (TPSA) is 55.2 Å². The normalized spacial score (nSPS) is 10.3. The van der Waals surface area contributed by atoms with E-state index in [1.807, 2.05) is 0 Å². The van der Waals surface area contributed by atoms with Crippen LogP contribution >= 0.6 is 0 Å². The molecule has 0 saturated heterocycles. The third kappa shape index (κ3) is 3.15. The quantitative estimate of drug-likeness (QED) is 0.671. The molecule has 2 rings (SSSR count). The van der Waals surface area contributed by atoms with Crippen LogP contribution in [0.15, 0.2) is 36.4 Å². The molecule has 1 N–H and O–H groups in total. The molecule has 0 aliphatic carbocycles. The highest BCUT2D eigenvalue weighted by molar-refractivity contribution is 5.58. The lowest BCUT2D eigenvalue weighted by molar-refractivity contribution is -0.384. The number of anilines is 1. The molecule has 2 aromatic carbocycles. The predicted molar refractivity (Wildman–Crippen MR) is 81.1 cm³/mol. The van der Waals surface area contributed by atoms with E-state index >= 15 is 0 Å². The fourth-order valence-corrected chi connectivity index (χ4v) is 2.38. The first-order valence-electron chi connectivity index (χ1n) is 6.52. The summed E-state index contributed by atoms with van der Waals surface area (Å²) in [5.41, 5.74) is 5.95. The summed E-state index contributed by atoms with van der Waals surface area (Å²) in [5.74, 6) is 0. The lowest BCUT2D eigenvalue weighted by atomic mass is 10.0. The summed E-state index contributed by atoms with van der Waals surface area (Å²) in [6.45, 7) is 6.90. The van der Waals surface area contributed by atoms with E-state index < -0.39 is 0 Å². The fourth-order valence-electron chi connectivity index (χ4n) is 2.38. The molecule has 4 heteroatoms. The highest BCUT2D eigenvalue weighted by Crippen LogP contribution is 2.23. The second kappa shape index (κ2) is 5.74. The van der Waals surface area contributed by atoms with Crippen LogP contribution in [0.4, 0.5) is 11.4 Å². The number of nitrogens with one attached hydrogen (secondary N) is 1. The lowest BCUT2D eigenvalue weighted by Crippen LogP contribution is -2.03. The van der Waals surface area contributed by atoms with Crippen LogP contribution in [-0.2, 0) is 6.54 Å². The van der Waals surface area contributed by atoms with E-state index in [9.17, 15) is 10.1 Å². The van der Waals surface area contributed by atoms with E-state index in [0.29, 0.717) is 6.54 Å². The van der Waals surface area contributed by atoms with Crippen LogP contribution < -0.4 is 5.32 Å². The van der Waals surface area contributed by atoms with Crippen LogP contribution in [0.3, 0.4) is 0 Å². The average Bonchev–Trinajstić information content (AvgIpc) is 2.38. The molecule has 0 saturated carbocycles. The van der Waals surface area contributed by atoms with Gasteiger partial charge in [-0.15, -0.1) is 0 Å². The zero-order valence-corrected chi connectivity index (χ0v) is 11.9. The Hall–Kier alpha value is -2.36. The molecule has 0 aromatic heterocycles. The van der Waals surface area contributed by atoms with Crippen molar-refractivity contribution in [2.75, 3.05) is 5.32 Å². The maximum atomic E-state index is 10.6. The first-order valence-corrected chi connectivity index (χ1v) is 6.52. The van der Waals surface area contributed by atoms with Gasteiger partial charge in [-0.3, -0.25) is 10.1 Å². The number of benzene rings is 2. The molecule has 0 aliphatic heterocycles. The summed E-state index contributed by atoms with van der Waals surface area (Å²) in [5, 5.41) is 14.0. The molecule has 0 heterocycles. The number of rotatable bonds is 4. The molecule has 0 aliphatic rings. The highest BCUT2D eigenvalue weighted by atomic mass is 16.6. The number of nitro benzene ring substituents is 1. The van der Waals surface area contributed by atoms with Crippen molar-refractivity contribution in [3.8, 4) is 0 Å². The van der Waals surface area contributed by atoms with Gasteiger partial charge in [-0.2, -0.15) is 0 Å². The van der Waals surface area contributed by atoms with E-state index in [-0.39, 0.29) is 10.6 Å². The van der Waals surface area contributed by atoms with Crippen molar-refractivity contribution < 1.29 is 4.92 Å². The second-order valence-corrected chi connectivity index (χ2v) is 5.05. The Morgan fingerprint density at radius 2 is 1.60 bits per heavy atom. The number of nitrogens with zero attached hydrogens (tertiary/aromatic N) is 1. The van der Waals surface area contributed by atoms with E-state index in [0.717, 1.165) is 11.3 Å². The maximum absolute atomic E-state index is 10.6. The van der Waals surface area contributed by atoms with Crippen molar-refractivity contribution in [1.82, 2.24) is 0 Å². The molecule has 0 atom stereocenters. The van der Waals surface area contributed by atoms with Gasteiger partial charge in [0.2, 0.25) is 0 Å². The van der Waals surface area contributed by atoms with E-state index in [2.05, 4.69) is 38.2 Å². The first kappa shape index (κ1) is 14.1. The second-order valence-electron chi connectivity index (χ2n) is 5.05. The molecule has 0 fully saturated rings. The molecule has 0 bridgehead atoms. The van der Waals surface area contributed by atoms with Crippen molar-refractivity contribution in [3.63, 3.8) is 0 Å². The van der Waals surface area contributed by atoms with Crippen LogP contribution in [0.2, 0.25) is 0 Å². The number of hydrogen-bond donors (Lipinski definition) is 1. The van der Waals surface area contributed by atoms with E-state index in [1.165, 1.54) is 28.8 Å². The van der Waals surface area contributed by atoms with Crippen LogP contribution in [0.5, 0.6) is 0 Å². The Labute approximate surface area is 118 Å². The molecular weight excluding hydrogens is 252 g/mol. The monoisotopic (exact) mass is 270 g/mol. The van der Waals surface area contributed by atoms with Crippen molar-refractivity contribution in [2.24, 2.45) is 0 Å². The molecular formula is C16H18N2O2. The summed E-state index contributed by atoms with van der Waals surface area (Å²) >= 11 is 0. The Morgan fingerprint density at radius 1 is 1.05 bits per heavy atom. The number of nitro groups is 1. The number of aryl methyl sites for hydroxylation is 3. The molecule has 0 spiro atoms. The minimum absolute atomic E-state index is 0.122. The largest absolute Gasteiger partial charge is 0.381 e. The standard InChI is InChI=1S/C16H18N2O2/c1-11-8-12(2)16(13(3)9-11)17-10-14-4-6-15(7-5-14)18(19)20/h4-9,17H,10H2,1-3H3. The maximum Gasteiger partial charge on any atom is 0.269 e. The van der Waals surface area contributed by atoms with Gasteiger partial charge in [0.1, 0.15) is 0 Å². The van der Waals surface area contributed by atoms with Gasteiger partial charge in [-0.25, -0.2) is 0 Å². The lowest BCUT2D eigenvalue weighted by Gasteiger charge is -2.13. The summed E-state index contributed by atoms with van der Waals surface area (Å²) in [6, 6.07) is 10.9. The van der Waals surface area contributed by atoms with E-state index in [4.69, 9.17) is 0 Å². The molecule has 0 radical (unpaired) electrons. The molecule has 0 unspecified atom stereocenters. The van der Waals surface area contributed by atoms with Crippen molar-refractivity contribution in [3.05, 3.63) is 68.8 Å². The zero-order chi connectivity index (χ0) is 14.7. The van der Waals surface area contributed by atoms with Gasteiger partial charge in [0.25, 0.3) is 5.69 Å². The zero-order valence-electron chi connectivity index (χ0n) is 11.9. The van der Waals surface area contributed by atoms with Crippen molar-refractivity contribution in [1.29, 1.82) is 0 Å². The van der Waals surface area contributed by atoms with Crippen molar-refractivity contribution >= 4 is 11.4 Å². The minimum Gasteiger partial charge on any atom is -0.381 e. The molecule has 104 valence electrons. The summed E-state index contributed by atoms with van der Waals surface area (Å²) < 4.78 is 0. The van der Waals surface area contributed by atoms with Crippen molar-refractivity contribution in [2.45, 2.75) is 27.3 Å². The molecule has 0 amide bonds. The number of non-ortho nitro benzene ring substituents is 1. The minimum atomic E-state index is -0.383. The molecule has 4 nitrogen and oxygen atoms in total. The summed E-state index contributed by atoms with van der Waals surface area (Å²) in [7, 11) is 0. The summed E-state index contributed by atoms with van der Waals surface area (Å²) in [4.78, 5) is 10.2. The van der Waals surface area contributed by atoms with Gasteiger partial charge in [0, 0.05) is 24.4 Å². The Kier molecular flexibility index (Phi) is 4.03. The van der Waals surface area contributed by atoms with Gasteiger partial charge >= 0.3 is 0 Å². The molecule has 20 heavy (non-hydrogen) atoms. The Morgan fingerprint density at radius 3 is 2.10 bits per heavy atom. The smallest absolute Gasteiger partial charge is 0.269 e.